The van der Waals surface area contributed by atoms with Crippen LogP contribution in [0.3, 0.4) is 0 Å². The highest BCUT2D eigenvalue weighted by Gasteiger charge is 2.13. The van der Waals surface area contributed by atoms with Crippen molar-refractivity contribution in [3.8, 4) is 0 Å². The molecule has 2 rings (SSSR count). The molecule has 0 fully saturated rings. The van der Waals surface area contributed by atoms with Gasteiger partial charge >= 0.3 is 0 Å². The van der Waals surface area contributed by atoms with Gasteiger partial charge in [0, 0.05) is 12.1 Å². The van der Waals surface area contributed by atoms with Gasteiger partial charge < -0.3 is 5.32 Å². The van der Waals surface area contributed by atoms with Crippen LogP contribution in [0.2, 0.25) is 0 Å². The van der Waals surface area contributed by atoms with Crippen molar-refractivity contribution in [3.05, 3.63) is 47.0 Å². The molecule has 1 aliphatic rings. The van der Waals surface area contributed by atoms with Crippen LogP contribution in [0.1, 0.15) is 30.4 Å². The third-order valence-corrected chi connectivity index (χ3v) is 3.14. The second-order valence-electron chi connectivity index (χ2n) is 4.61. The minimum Gasteiger partial charge on any atom is -0.352 e. The maximum atomic E-state index is 11.5. The van der Waals surface area contributed by atoms with Crippen LogP contribution in [-0.4, -0.2) is 12.5 Å². The van der Waals surface area contributed by atoms with Crippen molar-refractivity contribution in [2.75, 3.05) is 6.54 Å². The summed E-state index contributed by atoms with van der Waals surface area (Å²) in [6.07, 6.45) is 6.05. The van der Waals surface area contributed by atoms with Crippen LogP contribution in [0.4, 0.5) is 0 Å². The van der Waals surface area contributed by atoms with Crippen LogP contribution in [-0.2, 0) is 11.2 Å². The first-order chi connectivity index (χ1) is 8.25. The molecular weight excluding hydrogens is 210 g/mol. The molecule has 1 aromatic carbocycles. The van der Waals surface area contributed by atoms with Gasteiger partial charge in [-0.05, 0) is 38.2 Å². The van der Waals surface area contributed by atoms with Crippen molar-refractivity contribution in [1.82, 2.24) is 5.32 Å². The predicted molar refractivity (Wildman–Crippen MR) is 69.8 cm³/mol. The Balaban J connectivity index is 1.66. The Labute approximate surface area is 103 Å². The Morgan fingerprint density at radius 3 is 2.59 bits per heavy atom. The fourth-order valence-electron chi connectivity index (χ4n) is 1.86. The maximum Gasteiger partial charge on any atom is 0.246 e. The highest BCUT2D eigenvalue weighted by atomic mass is 16.1. The first kappa shape index (κ1) is 11.9. The zero-order valence-corrected chi connectivity index (χ0v) is 10.3. The minimum absolute atomic E-state index is 0.125. The summed E-state index contributed by atoms with van der Waals surface area (Å²) >= 11 is 0. The highest BCUT2D eigenvalue weighted by molar-refractivity contribution is 5.94. The van der Waals surface area contributed by atoms with Crippen molar-refractivity contribution in [1.29, 1.82) is 0 Å². The van der Waals surface area contributed by atoms with Gasteiger partial charge in [0.2, 0.25) is 5.91 Å². The normalized spacial score (nSPS) is 13.8. The van der Waals surface area contributed by atoms with E-state index in [2.05, 4.69) is 36.5 Å². The molecule has 0 saturated carbocycles. The van der Waals surface area contributed by atoms with Crippen LogP contribution in [0.25, 0.3) is 0 Å². The van der Waals surface area contributed by atoms with Crippen molar-refractivity contribution in [2.45, 2.75) is 32.6 Å². The monoisotopic (exact) mass is 229 g/mol. The van der Waals surface area contributed by atoms with Crippen molar-refractivity contribution in [3.63, 3.8) is 0 Å². The molecule has 0 aromatic heterocycles. The lowest BCUT2D eigenvalue weighted by Gasteiger charge is -2.13. The lowest BCUT2D eigenvalue weighted by atomic mass is 9.98. The fraction of sp³-hybridized carbons (Fsp3) is 0.400. The van der Waals surface area contributed by atoms with Gasteiger partial charge in [-0.1, -0.05) is 35.9 Å². The molecule has 2 heteroatoms. The molecule has 90 valence electrons. The van der Waals surface area contributed by atoms with E-state index in [-0.39, 0.29) is 5.91 Å². The number of benzene rings is 1. The number of carbonyl (C=O) groups is 1. The van der Waals surface area contributed by atoms with E-state index in [1.54, 1.807) is 0 Å². The zero-order valence-electron chi connectivity index (χ0n) is 10.3. The Hall–Kier alpha value is -1.57. The number of allylic oxidation sites excluding steroid dienone is 1. The topological polar surface area (TPSA) is 29.1 Å². The van der Waals surface area contributed by atoms with Crippen molar-refractivity contribution < 1.29 is 4.79 Å². The van der Waals surface area contributed by atoms with Gasteiger partial charge in [0.15, 0.2) is 0 Å². The standard InChI is InChI=1S/C15H19NO/c1-12-7-9-13(10-8-12)4-3-11-16-15(17)14-5-2-6-14/h5,7-10H,2-4,6,11H2,1H3,(H,16,17). The summed E-state index contributed by atoms with van der Waals surface area (Å²) in [6, 6.07) is 8.58. The van der Waals surface area contributed by atoms with Gasteiger partial charge in [0.1, 0.15) is 0 Å². The van der Waals surface area contributed by atoms with E-state index in [1.807, 2.05) is 6.08 Å². The summed E-state index contributed by atoms with van der Waals surface area (Å²) in [5, 5.41) is 2.96. The highest BCUT2D eigenvalue weighted by Crippen LogP contribution is 2.17. The first-order valence-corrected chi connectivity index (χ1v) is 6.28. The molecule has 17 heavy (non-hydrogen) atoms. The summed E-state index contributed by atoms with van der Waals surface area (Å²) in [5.41, 5.74) is 3.59. The number of carbonyl (C=O) groups excluding carboxylic acids is 1. The molecule has 1 aliphatic carbocycles. The van der Waals surface area contributed by atoms with E-state index in [1.165, 1.54) is 11.1 Å². The Morgan fingerprint density at radius 1 is 1.29 bits per heavy atom. The van der Waals surface area contributed by atoms with E-state index in [4.69, 9.17) is 0 Å². The molecule has 0 aliphatic heterocycles. The van der Waals surface area contributed by atoms with Crippen molar-refractivity contribution >= 4 is 5.91 Å². The van der Waals surface area contributed by atoms with Crippen LogP contribution in [0, 0.1) is 6.92 Å². The van der Waals surface area contributed by atoms with E-state index in [0.717, 1.165) is 37.8 Å². The van der Waals surface area contributed by atoms with Crippen LogP contribution < -0.4 is 5.32 Å². The van der Waals surface area contributed by atoms with Gasteiger partial charge in [0.25, 0.3) is 0 Å². The molecule has 0 saturated heterocycles. The molecule has 0 spiro atoms. The van der Waals surface area contributed by atoms with E-state index in [0.29, 0.717) is 0 Å². The summed E-state index contributed by atoms with van der Waals surface area (Å²) in [6.45, 7) is 2.86. The Bertz CT molecular complexity index is 417. The lowest BCUT2D eigenvalue weighted by Crippen LogP contribution is -2.28. The van der Waals surface area contributed by atoms with Gasteiger partial charge in [-0.3, -0.25) is 4.79 Å². The van der Waals surface area contributed by atoms with E-state index in [9.17, 15) is 4.79 Å². The van der Waals surface area contributed by atoms with Crippen LogP contribution in [0.5, 0.6) is 0 Å². The molecule has 0 atom stereocenters. The number of aryl methyl sites for hydroxylation is 2. The van der Waals surface area contributed by atoms with Crippen molar-refractivity contribution in [2.24, 2.45) is 0 Å². The molecule has 1 aromatic rings. The number of amides is 1. The number of nitrogens with one attached hydrogen (secondary N) is 1. The van der Waals surface area contributed by atoms with Gasteiger partial charge in [-0.15, -0.1) is 0 Å². The quantitative estimate of drug-likeness (QED) is 0.773. The smallest absolute Gasteiger partial charge is 0.246 e. The van der Waals surface area contributed by atoms with E-state index >= 15 is 0 Å². The minimum atomic E-state index is 0.125. The van der Waals surface area contributed by atoms with Crippen LogP contribution in [0.15, 0.2) is 35.9 Å². The first-order valence-electron chi connectivity index (χ1n) is 6.28. The van der Waals surface area contributed by atoms with Gasteiger partial charge in [-0.25, -0.2) is 0 Å². The van der Waals surface area contributed by atoms with Gasteiger partial charge in [-0.2, -0.15) is 0 Å². The summed E-state index contributed by atoms with van der Waals surface area (Å²) in [5.74, 6) is 0.125. The average Bonchev–Trinajstić information content (AvgIpc) is 2.24. The average molecular weight is 229 g/mol. The largest absolute Gasteiger partial charge is 0.352 e. The second-order valence-corrected chi connectivity index (χ2v) is 4.61. The molecule has 1 amide bonds. The Morgan fingerprint density at radius 2 is 2.00 bits per heavy atom. The third-order valence-electron chi connectivity index (χ3n) is 3.14. The molecule has 0 radical (unpaired) electrons. The predicted octanol–water partition coefficient (Wildman–Crippen LogP) is 2.76. The zero-order chi connectivity index (χ0) is 12.1. The Kier molecular flexibility index (Phi) is 3.97. The summed E-state index contributed by atoms with van der Waals surface area (Å²) in [4.78, 5) is 11.5. The maximum absolute atomic E-state index is 11.5. The number of hydrogen-bond acceptors (Lipinski definition) is 1. The van der Waals surface area contributed by atoms with E-state index < -0.39 is 0 Å². The number of hydrogen-bond donors (Lipinski definition) is 1. The number of rotatable bonds is 5. The second kappa shape index (κ2) is 5.67. The molecule has 0 heterocycles. The molecule has 0 bridgehead atoms. The van der Waals surface area contributed by atoms with Gasteiger partial charge in [0.05, 0.1) is 0 Å². The molecule has 1 N–H and O–H groups in total. The summed E-state index contributed by atoms with van der Waals surface area (Å²) in [7, 11) is 0. The third kappa shape index (κ3) is 3.45. The fourth-order valence-corrected chi connectivity index (χ4v) is 1.86. The SMILES string of the molecule is Cc1ccc(CCCNC(=O)C2=CCC2)cc1. The molecule has 2 nitrogen and oxygen atoms in total. The molecule has 0 unspecified atom stereocenters. The lowest BCUT2D eigenvalue weighted by molar-refractivity contribution is -0.117. The summed E-state index contributed by atoms with van der Waals surface area (Å²) < 4.78 is 0. The molecular formula is C15H19NO. The van der Waals surface area contributed by atoms with Crippen LogP contribution >= 0.6 is 0 Å².